The van der Waals surface area contributed by atoms with Crippen LogP contribution in [-0.4, -0.2) is 10.9 Å². The van der Waals surface area contributed by atoms with Crippen molar-refractivity contribution in [3.63, 3.8) is 0 Å². The van der Waals surface area contributed by atoms with Crippen molar-refractivity contribution < 1.29 is 4.79 Å². The Bertz CT molecular complexity index is 761. The molecule has 1 amide bonds. The van der Waals surface area contributed by atoms with Crippen molar-refractivity contribution in [2.24, 2.45) is 5.92 Å². The summed E-state index contributed by atoms with van der Waals surface area (Å²) in [6.45, 7) is 2.27. The Morgan fingerprint density at radius 3 is 2.40 bits per heavy atom. The predicted octanol–water partition coefficient (Wildman–Crippen LogP) is 8.28. The molecule has 1 saturated carbocycles. The van der Waals surface area contributed by atoms with Gasteiger partial charge >= 0.3 is 0 Å². The second-order valence-corrected chi connectivity index (χ2v) is 9.94. The summed E-state index contributed by atoms with van der Waals surface area (Å²) in [5.41, 5.74) is 2.25. The largest absolute Gasteiger partial charge is 0.324 e. The molecule has 0 aliphatic heterocycles. The monoisotopic (exact) mass is 428 g/mol. The van der Waals surface area contributed by atoms with E-state index in [0.29, 0.717) is 0 Å². The highest BCUT2D eigenvalue weighted by molar-refractivity contribution is 7.16. The zero-order valence-corrected chi connectivity index (χ0v) is 19.7. The van der Waals surface area contributed by atoms with Crippen LogP contribution in [0, 0.1) is 5.92 Å². The quantitative estimate of drug-likeness (QED) is 0.366. The van der Waals surface area contributed by atoms with Crippen molar-refractivity contribution in [2.45, 2.75) is 110 Å². The van der Waals surface area contributed by atoms with Crippen LogP contribution in [0.1, 0.15) is 109 Å². The molecule has 30 heavy (non-hydrogen) atoms. The second kappa shape index (κ2) is 13.1. The Kier molecular flexibility index (Phi) is 10.1. The van der Waals surface area contributed by atoms with Crippen molar-refractivity contribution >= 4 is 33.1 Å². The maximum atomic E-state index is 13.0. The number of aromatic nitrogens is 1. The van der Waals surface area contributed by atoms with Gasteiger partial charge in [-0.2, -0.15) is 0 Å². The standard InChI is InChI=1S/C26H40N2OS/c1-2-3-4-5-6-7-11-14-17-22-23-18-19-30-26(23)27-20-24(22)28-25(29)21-15-12-9-8-10-13-16-21/h18-21H,2-17H2,1H3,(H,28,29). The molecular formula is C26H40N2OS. The number of pyridine rings is 1. The van der Waals surface area contributed by atoms with Gasteiger partial charge in [0.1, 0.15) is 4.83 Å². The number of anilines is 1. The minimum Gasteiger partial charge on any atom is -0.324 e. The van der Waals surface area contributed by atoms with Gasteiger partial charge in [0.25, 0.3) is 0 Å². The van der Waals surface area contributed by atoms with Crippen molar-refractivity contribution in [3.8, 4) is 0 Å². The van der Waals surface area contributed by atoms with Gasteiger partial charge in [-0.25, -0.2) is 4.98 Å². The molecule has 0 spiro atoms. The number of thiophene rings is 1. The maximum absolute atomic E-state index is 13.0. The molecule has 2 heterocycles. The maximum Gasteiger partial charge on any atom is 0.227 e. The van der Waals surface area contributed by atoms with Crippen molar-refractivity contribution in [1.82, 2.24) is 4.98 Å². The normalized spacial score (nSPS) is 15.8. The van der Waals surface area contributed by atoms with E-state index in [1.165, 1.54) is 94.4 Å². The lowest BCUT2D eigenvalue weighted by Crippen LogP contribution is -2.24. The molecule has 1 N–H and O–H groups in total. The van der Waals surface area contributed by atoms with Crippen molar-refractivity contribution in [2.75, 3.05) is 5.32 Å². The molecule has 3 nitrogen and oxygen atoms in total. The summed E-state index contributed by atoms with van der Waals surface area (Å²) >= 11 is 1.69. The van der Waals surface area contributed by atoms with Crippen LogP contribution in [0.5, 0.6) is 0 Å². The summed E-state index contributed by atoms with van der Waals surface area (Å²) in [5.74, 6) is 0.380. The van der Waals surface area contributed by atoms with Crippen LogP contribution in [-0.2, 0) is 11.2 Å². The summed E-state index contributed by atoms with van der Waals surface area (Å²) in [4.78, 5) is 18.7. The molecule has 166 valence electrons. The summed E-state index contributed by atoms with van der Waals surface area (Å²) in [6.07, 6.45) is 21.8. The van der Waals surface area contributed by atoms with E-state index in [-0.39, 0.29) is 11.8 Å². The van der Waals surface area contributed by atoms with Gasteiger partial charge in [-0.3, -0.25) is 4.79 Å². The number of fused-ring (bicyclic) bond motifs is 1. The van der Waals surface area contributed by atoms with Crippen LogP contribution in [0.15, 0.2) is 17.6 Å². The fourth-order valence-electron chi connectivity index (χ4n) is 4.74. The molecule has 3 rings (SSSR count). The average molecular weight is 429 g/mol. The minimum absolute atomic E-state index is 0.166. The predicted molar refractivity (Wildman–Crippen MR) is 130 cm³/mol. The van der Waals surface area contributed by atoms with Gasteiger partial charge in [-0.1, -0.05) is 84.0 Å². The number of amides is 1. The molecule has 1 aliphatic carbocycles. The molecule has 2 aromatic heterocycles. The van der Waals surface area contributed by atoms with Gasteiger partial charge in [0.15, 0.2) is 0 Å². The molecule has 0 aromatic carbocycles. The highest BCUT2D eigenvalue weighted by atomic mass is 32.1. The first kappa shape index (κ1) is 23.2. The van der Waals surface area contributed by atoms with Crippen LogP contribution < -0.4 is 5.32 Å². The molecule has 0 bridgehead atoms. The summed E-state index contributed by atoms with van der Waals surface area (Å²) in [6, 6.07) is 2.18. The van der Waals surface area contributed by atoms with Gasteiger partial charge in [-0.15, -0.1) is 11.3 Å². The first-order chi connectivity index (χ1) is 14.8. The fraction of sp³-hybridized carbons (Fsp3) is 0.692. The molecule has 0 saturated heterocycles. The zero-order valence-electron chi connectivity index (χ0n) is 18.9. The van der Waals surface area contributed by atoms with E-state index in [2.05, 4.69) is 28.7 Å². The number of nitrogens with zero attached hydrogens (tertiary/aromatic N) is 1. The highest BCUT2D eigenvalue weighted by Gasteiger charge is 2.21. The minimum atomic E-state index is 0.166. The van der Waals surface area contributed by atoms with Crippen molar-refractivity contribution in [3.05, 3.63) is 23.2 Å². The smallest absolute Gasteiger partial charge is 0.227 e. The lowest BCUT2D eigenvalue weighted by Gasteiger charge is -2.20. The molecular weight excluding hydrogens is 388 g/mol. The number of rotatable bonds is 11. The third-order valence-electron chi connectivity index (χ3n) is 6.62. The Balaban J connectivity index is 1.58. The first-order valence-corrected chi connectivity index (χ1v) is 13.3. The Labute approximate surface area is 187 Å². The van der Waals surface area contributed by atoms with Crippen LogP contribution >= 0.6 is 11.3 Å². The summed E-state index contributed by atoms with van der Waals surface area (Å²) < 4.78 is 0. The number of carbonyl (C=O) groups excluding carboxylic acids is 1. The summed E-state index contributed by atoms with van der Waals surface area (Å²) in [5, 5.41) is 6.64. The topological polar surface area (TPSA) is 42.0 Å². The van der Waals surface area contributed by atoms with Crippen LogP contribution in [0.25, 0.3) is 10.2 Å². The molecule has 4 heteroatoms. The molecule has 0 radical (unpaired) electrons. The SMILES string of the molecule is CCCCCCCCCCc1c(NC(=O)C2CCCCCCC2)cnc2sccc12. The molecule has 2 aromatic rings. The van der Waals surface area contributed by atoms with Crippen LogP contribution in [0.3, 0.4) is 0 Å². The number of hydrogen-bond donors (Lipinski definition) is 1. The Morgan fingerprint density at radius 1 is 1.00 bits per heavy atom. The third kappa shape index (κ3) is 7.08. The van der Waals surface area contributed by atoms with E-state index in [1.54, 1.807) is 11.3 Å². The van der Waals surface area contributed by atoms with Crippen molar-refractivity contribution in [1.29, 1.82) is 0 Å². The van der Waals surface area contributed by atoms with Gasteiger partial charge in [0.2, 0.25) is 5.91 Å². The zero-order chi connectivity index (χ0) is 21.0. The van der Waals surface area contributed by atoms with E-state index >= 15 is 0 Å². The van der Waals surface area contributed by atoms with Crippen LogP contribution in [0.2, 0.25) is 0 Å². The number of hydrogen-bond acceptors (Lipinski definition) is 3. The van der Waals surface area contributed by atoms with Gasteiger partial charge in [0.05, 0.1) is 11.9 Å². The number of unbranched alkanes of at least 4 members (excludes halogenated alkanes) is 7. The van der Waals surface area contributed by atoms with Gasteiger partial charge < -0.3 is 5.32 Å². The van der Waals surface area contributed by atoms with Gasteiger partial charge in [-0.05, 0) is 42.7 Å². The lowest BCUT2D eigenvalue weighted by atomic mass is 9.90. The van der Waals surface area contributed by atoms with Gasteiger partial charge in [0, 0.05) is 11.3 Å². The first-order valence-electron chi connectivity index (χ1n) is 12.5. The number of nitrogens with one attached hydrogen (secondary N) is 1. The summed E-state index contributed by atoms with van der Waals surface area (Å²) in [7, 11) is 0. The molecule has 1 aliphatic rings. The van der Waals surface area contributed by atoms with E-state index in [1.807, 2.05) is 6.20 Å². The van der Waals surface area contributed by atoms with E-state index in [0.717, 1.165) is 29.8 Å². The molecule has 1 fully saturated rings. The second-order valence-electron chi connectivity index (χ2n) is 9.05. The Morgan fingerprint density at radius 2 is 1.67 bits per heavy atom. The number of aryl methyl sites for hydroxylation is 1. The average Bonchev–Trinajstić information content (AvgIpc) is 3.19. The third-order valence-corrected chi connectivity index (χ3v) is 7.44. The van der Waals surface area contributed by atoms with E-state index < -0.39 is 0 Å². The Hall–Kier alpha value is -1.42. The molecule has 0 atom stereocenters. The lowest BCUT2D eigenvalue weighted by molar-refractivity contribution is -0.120. The fourth-order valence-corrected chi connectivity index (χ4v) is 5.51. The number of carbonyl (C=O) groups is 1. The van der Waals surface area contributed by atoms with Crippen LogP contribution in [0.4, 0.5) is 5.69 Å². The van der Waals surface area contributed by atoms with E-state index in [4.69, 9.17) is 0 Å². The van der Waals surface area contributed by atoms with E-state index in [9.17, 15) is 4.79 Å². The molecule has 0 unspecified atom stereocenters. The highest BCUT2D eigenvalue weighted by Crippen LogP contribution is 2.31.